The lowest BCUT2D eigenvalue weighted by Crippen LogP contribution is -2.59. The summed E-state index contributed by atoms with van der Waals surface area (Å²) < 4.78 is 0. The number of carbonyl (C=O) groups is 3. The normalized spacial score (nSPS) is 18.3. The van der Waals surface area contributed by atoms with Gasteiger partial charge in [-0.1, -0.05) is 24.3 Å². The highest BCUT2D eigenvalue weighted by atomic mass is 16.2. The average Bonchev–Trinajstić information content (AvgIpc) is 2.98. The van der Waals surface area contributed by atoms with Crippen LogP contribution in [-0.4, -0.2) is 71.6 Å². The Morgan fingerprint density at radius 3 is 2.39 bits per heavy atom. The quantitative estimate of drug-likeness (QED) is 0.704. The van der Waals surface area contributed by atoms with Gasteiger partial charge in [-0.25, -0.2) is 4.79 Å². The third-order valence-corrected chi connectivity index (χ3v) is 5.72. The van der Waals surface area contributed by atoms with Crippen LogP contribution in [0.2, 0.25) is 0 Å². The molecule has 8 nitrogen and oxygen atoms in total. The zero-order chi connectivity index (χ0) is 22.6. The molecule has 2 fully saturated rings. The summed E-state index contributed by atoms with van der Waals surface area (Å²) in [7, 11) is 0. The van der Waals surface area contributed by atoms with Gasteiger partial charge in [-0.3, -0.25) is 9.59 Å². The molecule has 1 aromatic carbocycles. The van der Waals surface area contributed by atoms with E-state index in [4.69, 9.17) is 0 Å². The number of rotatable bonds is 5. The largest absolute Gasteiger partial charge is 0.351 e. The summed E-state index contributed by atoms with van der Waals surface area (Å²) in [4.78, 5) is 43.9. The molecule has 168 valence electrons. The van der Waals surface area contributed by atoms with E-state index >= 15 is 0 Å². The Balaban J connectivity index is 1.79. The zero-order valence-electron chi connectivity index (χ0n) is 18.7. The van der Waals surface area contributed by atoms with Gasteiger partial charge in [0, 0.05) is 30.9 Å². The Bertz CT molecular complexity index is 825. The predicted molar refractivity (Wildman–Crippen MR) is 121 cm³/mol. The van der Waals surface area contributed by atoms with Crippen molar-refractivity contribution in [2.24, 2.45) is 0 Å². The van der Waals surface area contributed by atoms with Gasteiger partial charge in [0.25, 0.3) is 5.91 Å². The van der Waals surface area contributed by atoms with Crippen LogP contribution in [-0.2, 0) is 9.59 Å². The van der Waals surface area contributed by atoms with Gasteiger partial charge in [-0.15, -0.1) is 6.58 Å². The molecule has 0 aliphatic carbocycles. The van der Waals surface area contributed by atoms with Crippen molar-refractivity contribution in [2.75, 3.05) is 37.7 Å². The maximum atomic E-state index is 13.5. The van der Waals surface area contributed by atoms with Gasteiger partial charge in [0.2, 0.25) is 5.91 Å². The lowest BCUT2D eigenvalue weighted by molar-refractivity contribution is -0.137. The molecule has 2 aliphatic rings. The van der Waals surface area contributed by atoms with Gasteiger partial charge < -0.3 is 25.3 Å². The molecular weight excluding hydrogens is 394 g/mol. The Kier molecular flexibility index (Phi) is 6.57. The van der Waals surface area contributed by atoms with E-state index in [1.165, 1.54) is 0 Å². The molecule has 8 heteroatoms. The monoisotopic (exact) mass is 427 g/mol. The standard InChI is InChI=1S/C23H33N5O3/c1-5-13-24-19(29)16-27-17-28(18-9-7-6-8-10-18)23(20(27)30)11-14-26(15-12-23)21(31)25-22(2,3)4/h5-10H,1,11-17H2,2-4H3,(H,24,29)(H,25,31). The topological polar surface area (TPSA) is 85.0 Å². The number of hydrogen-bond donors (Lipinski definition) is 2. The number of urea groups is 1. The third kappa shape index (κ3) is 5.00. The molecule has 2 saturated heterocycles. The average molecular weight is 428 g/mol. The maximum absolute atomic E-state index is 13.5. The van der Waals surface area contributed by atoms with Crippen LogP contribution in [0.1, 0.15) is 33.6 Å². The summed E-state index contributed by atoms with van der Waals surface area (Å²) in [6.07, 6.45) is 2.64. The summed E-state index contributed by atoms with van der Waals surface area (Å²) in [6, 6.07) is 9.68. The van der Waals surface area contributed by atoms with Crippen LogP contribution in [0.5, 0.6) is 0 Å². The predicted octanol–water partition coefficient (Wildman–Crippen LogP) is 1.94. The van der Waals surface area contributed by atoms with E-state index in [9.17, 15) is 14.4 Å². The van der Waals surface area contributed by atoms with Crippen molar-refractivity contribution in [2.45, 2.75) is 44.7 Å². The van der Waals surface area contributed by atoms with Crippen molar-refractivity contribution in [3.05, 3.63) is 43.0 Å². The summed E-state index contributed by atoms with van der Waals surface area (Å²) in [5.74, 6) is -0.263. The number of nitrogens with one attached hydrogen (secondary N) is 2. The third-order valence-electron chi connectivity index (χ3n) is 5.72. The van der Waals surface area contributed by atoms with Crippen LogP contribution < -0.4 is 15.5 Å². The fourth-order valence-corrected chi connectivity index (χ4v) is 4.22. The first-order valence-electron chi connectivity index (χ1n) is 10.7. The highest BCUT2D eigenvalue weighted by molar-refractivity contribution is 5.96. The molecule has 1 aromatic rings. The molecule has 4 amide bonds. The number of piperidine rings is 1. The highest BCUT2D eigenvalue weighted by Crippen LogP contribution is 2.39. The molecule has 3 rings (SSSR count). The van der Waals surface area contributed by atoms with Crippen LogP contribution in [0.3, 0.4) is 0 Å². The SMILES string of the molecule is C=CCNC(=O)CN1CN(c2ccccc2)C2(CCN(C(=O)NC(C)(C)C)CC2)C1=O. The number of amides is 4. The van der Waals surface area contributed by atoms with Crippen LogP contribution >= 0.6 is 0 Å². The lowest BCUT2D eigenvalue weighted by Gasteiger charge is -2.43. The molecule has 0 radical (unpaired) electrons. The first-order chi connectivity index (χ1) is 14.7. The van der Waals surface area contributed by atoms with E-state index in [0.29, 0.717) is 39.1 Å². The van der Waals surface area contributed by atoms with E-state index in [2.05, 4.69) is 22.1 Å². The fourth-order valence-electron chi connectivity index (χ4n) is 4.22. The van der Waals surface area contributed by atoms with Crippen molar-refractivity contribution >= 4 is 23.5 Å². The van der Waals surface area contributed by atoms with Crippen molar-refractivity contribution in [3.8, 4) is 0 Å². The van der Waals surface area contributed by atoms with Gasteiger partial charge in [-0.05, 0) is 45.7 Å². The van der Waals surface area contributed by atoms with Gasteiger partial charge in [0.15, 0.2) is 0 Å². The van der Waals surface area contributed by atoms with Crippen molar-refractivity contribution in [3.63, 3.8) is 0 Å². The molecular formula is C23H33N5O3. The Morgan fingerprint density at radius 1 is 1.16 bits per heavy atom. The molecule has 0 atom stereocenters. The summed E-state index contributed by atoms with van der Waals surface area (Å²) in [5.41, 5.74) is -0.128. The second-order valence-corrected chi connectivity index (χ2v) is 9.20. The molecule has 2 N–H and O–H groups in total. The fraction of sp³-hybridized carbons (Fsp3) is 0.522. The molecule has 0 unspecified atom stereocenters. The van der Waals surface area contributed by atoms with Gasteiger partial charge in [0.1, 0.15) is 12.1 Å². The number of likely N-dealkylation sites (tertiary alicyclic amines) is 1. The second kappa shape index (κ2) is 8.99. The summed E-state index contributed by atoms with van der Waals surface area (Å²) in [5, 5.41) is 5.73. The minimum absolute atomic E-state index is 0.00593. The van der Waals surface area contributed by atoms with Crippen LogP contribution in [0, 0.1) is 0 Å². The first-order valence-corrected chi connectivity index (χ1v) is 10.7. The lowest BCUT2D eigenvalue weighted by atomic mass is 9.85. The number of nitrogens with zero attached hydrogens (tertiary/aromatic N) is 3. The van der Waals surface area contributed by atoms with Crippen LogP contribution in [0.15, 0.2) is 43.0 Å². The number of anilines is 1. The second-order valence-electron chi connectivity index (χ2n) is 9.20. The van der Waals surface area contributed by atoms with Crippen molar-refractivity contribution < 1.29 is 14.4 Å². The Hall–Kier alpha value is -3.03. The van der Waals surface area contributed by atoms with Crippen LogP contribution in [0.25, 0.3) is 0 Å². The molecule has 31 heavy (non-hydrogen) atoms. The number of para-hydroxylation sites is 1. The maximum Gasteiger partial charge on any atom is 0.317 e. The van der Waals surface area contributed by atoms with Gasteiger partial charge >= 0.3 is 6.03 Å². The molecule has 2 aliphatic heterocycles. The molecule has 0 saturated carbocycles. The number of carbonyl (C=O) groups excluding carboxylic acids is 3. The van der Waals surface area contributed by atoms with Crippen molar-refractivity contribution in [1.29, 1.82) is 0 Å². The van der Waals surface area contributed by atoms with Crippen molar-refractivity contribution in [1.82, 2.24) is 20.4 Å². The Labute approximate surface area is 184 Å². The highest BCUT2D eigenvalue weighted by Gasteiger charge is 2.54. The van der Waals surface area contributed by atoms with E-state index in [-0.39, 0.29) is 29.9 Å². The van der Waals surface area contributed by atoms with Gasteiger partial charge in [-0.2, -0.15) is 0 Å². The number of benzene rings is 1. The van der Waals surface area contributed by atoms with E-state index in [0.717, 1.165) is 5.69 Å². The van der Waals surface area contributed by atoms with Crippen LogP contribution in [0.4, 0.5) is 10.5 Å². The summed E-state index contributed by atoms with van der Waals surface area (Å²) in [6.45, 7) is 11.1. The molecule has 0 bridgehead atoms. The molecule has 0 aromatic heterocycles. The van der Waals surface area contributed by atoms with E-state index in [1.807, 2.05) is 51.1 Å². The Morgan fingerprint density at radius 2 is 1.81 bits per heavy atom. The molecule has 2 heterocycles. The minimum Gasteiger partial charge on any atom is -0.351 e. The minimum atomic E-state index is -0.751. The smallest absolute Gasteiger partial charge is 0.317 e. The van der Waals surface area contributed by atoms with E-state index < -0.39 is 5.54 Å². The molecule has 1 spiro atoms. The zero-order valence-corrected chi connectivity index (χ0v) is 18.7. The van der Waals surface area contributed by atoms with Gasteiger partial charge in [0.05, 0.1) is 6.67 Å². The van der Waals surface area contributed by atoms with E-state index in [1.54, 1.807) is 15.9 Å². The first kappa shape index (κ1) is 22.7. The number of hydrogen-bond acceptors (Lipinski definition) is 4. The summed E-state index contributed by atoms with van der Waals surface area (Å²) >= 11 is 0.